The Kier molecular flexibility index (Phi) is 3.23. The Morgan fingerprint density at radius 3 is 2.81 bits per heavy atom. The van der Waals surface area contributed by atoms with Crippen molar-refractivity contribution in [1.82, 2.24) is 4.90 Å². The van der Waals surface area contributed by atoms with Gasteiger partial charge in [0.1, 0.15) is 5.54 Å². The van der Waals surface area contributed by atoms with Crippen LogP contribution in [0.15, 0.2) is 30.3 Å². The third kappa shape index (κ3) is 2.60. The van der Waals surface area contributed by atoms with Crippen molar-refractivity contribution in [2.45, 2.75) is 24.9 Å². The summed E-state index contributed by atoms with van der Waals surface area (Å²) in [7, 11) is 0. The number of nitriles is 1. The van der Waals surface area contributed by atoms with Gasteiger partial charge in [0.15, 0.2) is 0 Å². The lowest BCUT2D eigenvalue weighted by atomic mass is 9.91. The molecule has 16 heavy (non-hydrogen) atoms. The molecule has 0 radical (unpaired) electrons. The largest absolute Gasteiger partial charge is 0.312 e. The SMILES string of the molecule is N#C[C@@]1(N)CCCN(Cc2ccccc2)C1. The Morgan fingerprint density at radius 1 is 1.38 bits per heavy atom. The van der Waals surface area contributed by atoms with Crippen LogP contribution in [-0.2, 0) is 6.54 Å². The number of nitrogens with zero attached hydrogens (tertiary/aromatic N) is 2. The van der Waals surface area contributed by atoms with Crippen molar-refractivity contribution >= 4 is 0 Å². The van der Waals surface area contributed by atoms with E-state index >= 15 is 0 Å². The van der Waals surface area contributed by atoms with Crippen LogP contribution in [0.3, 0.4) is 0 Å². The van der Waals surface area contributed by atoms with Crippen LogP contribution in [0.4, 0.5) is 0 Å². The van der Waals surface area contributed by atoms with Crippen molar-refractivity contribution in [3.05, 3.63) is 35.9 Å². The van der Waals surface area contributed by atoms with Crippen molar-refractivity contribution in [2.75, 3.05) is 13.1 Å². The van der Waals surface area contributed by atoms with E-state index in [4.69, 9.17) is 11.0 Å². The van der Waals surface area contributed by atoms with E-state index in [0.717, 1.165) is 25.9 Å². The molecule has 1 aromatic carbocycles. The van der Waals surface area contributed by atoms with Crippen LogP contribution in [0.1, 0.15) is 18.4 Å². The molecule has 3 heteroatoms. The fourth-order valence-electron chi connectivity index (χ4n) is 2.24. The summed E-state index contributed by atoms with van der Waals surface area (Å²) < 4.78 is 0. The molecule has 2 rings (SSSR count). The molecule has 1 saturated heterocycles. The average molecular weight is 215 g/mol. The van der Waals surface area contributed by atoms with Gasteiger partial charge in [0, 0.05) is 13.1 Å². The van der Waals surface area contributed by atoms with Crippen LogP contribution < -0.4 is 5.73 Å². The maximum Gasteiger partial charge on any atom is 0.117 e. The van der Waals surface area contributed by atoms with E-state index in [-0.39, 0.29) is 0 Å². The molecular formula is C13H17N3. The molecule has 0 amide bonds. The lowest BCUT2D eigenvalue weighted by molar-refractivity contribution is 0.172. The van der Waals surface area contributed by atoms with Crippen molar-refractivity contribution in [2.24, 2.45) is 5.73 Å². The number of nitrogens with two attached hydrogens (primary N) is 1. The highest BCUT2D eigenvalue weighted by Gasteiger charge is 2.31. The summed E-state index contributed by atoms with van der Waals surface area (Å²) in [6.45, 7) is 2.61. The van der Waals surface area contributed by atoms with Gasteiger partial charge in [0.05, 0.1) is 6.07 Å². The molecule has 1 aliphatic heterocycles. The lowest BCUT2D eigenvalue weighted by Crippen LogP contribution is -2.52. The highest BCUT2D eigenvalue weighted by atomic mass is 15.2. The molecule has 0 spiro atoms. The summed E-state index contributed by atoms with van der Waals surface area (Å²) in [6.07, 6.45) is 1.83. The third-order valence-corrected chi connectivity index (χ3v) is 3.07. The van der Waals surface area contributed by atoms with Crippen molar-refractivity contribution in [3.63, 3.8) is 0 Å². The highest BCUT2D eigenvalue weighted by Crippen LogP contribution is 2.19. The van der Waals surface area contributed by atoms with E-state index in [2.05, 4.69) is 23.1 Å². The molecular weight excluding hydrogens is 198 g/mol. The molecule has 0 aromatic heterocycles. The maximum absolute atomic E-state index is 9.03. The summed E-state index contributed by atoms with van der Waals surface area (Å²) in [6, 6.07) is 12.6. The standard InChI is InChI=1S/C13H17N3/c14-10-13(15)7-4-8-16(11-13)9-12-5-2-1-3-6-12/h1-3,5-6H,4,7-9,11,15H2/t13-/m0/s1. The number of piperidine rings is 1. The zero-order valence-corrected chi connectivity index (χ0v) is 9.39. The molecule has 3 nitrogen and oxygen atoms in total. The van der Waals surface area contributed by atoms with Crippen molar-refractivity contribution < 1.29 is 0 Å². The fraction of sp³-hybridized carbons (Fsp3) is 0.462. The van der Waals surface area contributed by atoms with Gasteiger partial charge < -0.3 is 5.73 Å². The zero-order chi connectivity index (χ0) is 11.4. The minimum atomic E-state index is -0.646. The summed E-state index contributed by atoms with van der Waals surface area (Å²) in [5.74, 6) is 0. The monoisotopic (exact) mass is 215 g/mol. The quantitative estimate of drug-likeness (QED) is 0.813. The molecule has 2 N–H and O–H groups in total. The van der Waals surface area contributed by atoms with Crippen LogP contribution in [0, 0.1) is 11.3 Å². The van der Waals surface area contributed by atoms with Crippen molar-refractivity contribution in [1.29, 1.82) is 5.26 Å². The Balaban J connectivity index is 1.99. The van der Waals surface area contributed by atoms with Gasteiger partial charge in [-0.25, -0.2) is 0 Å². The van der Waals surface area contributed by atoms with Gasteiger partial charge in [-0.1, -0.05) is 30.3 Å². The van der Waals surface area contributed by atoms with Crippen LogP contribution in [0.25, 0.3) is 0 Å². The predicted octanol–water partition coefficient (Wildman–Crippen LogP) is 1.50. The summed E-state index contributed by atoms with van der Waals surface area (Å²) in [5, 5.41) is 9.03. The first-order valence-corrected chi connectivity index (χ1v) is 5.68. The molecule has 1 aromatic rings. The first-order valence-electron chi connectivity index (χ1n) is 5.68. The van der Waals surface area contributed by atoms with Crippen LogP contribution >= 0.6 is 0 Å². The maximum atomic E-state index is 9.03. The molecule has 0 saturated carbocycles. The topological polar surface area (TPSA) is 53.1 Å². The summed E-state index contributed by atoms with van der Waals surface area (Å²) in [4.78, 5) is 2.27. The molecule has 1 atom stereocenters. The second-order valence-corrected chi connectivity index (χ2v) is 4.57. The van der Waals surface area contributed by atoms with E-state index < -0.39 is 5.54 Å². The Labute approximate surface area is 96.5 Å². The fourth-order valence-corrected chi connectivity index (χ4v) is 2.24. The Morgan fingerprint density at radius 2 is 2.12 bits per heavy atom. The minimum Gasteiger partial charge on any atom is -0.312 e. The molecule has 1 fully saturated rings. The lowest BCUT2D eigenvalue weighted by Gasteiger charge is -2.35. The van der Waals surface area contributed by atoms with Crippen LogP contribution in [-0.4, -0.2) is 23.5 Å². The Hall–Kier alpha value is -1.37. The van der Waals surface area contributed by atoms with Crippen LogP contribution in [0.2, 0.25) is 0 Å². The van der Waals surface area contributed by atoms with Gasteiger partial charge in [-0.05, 0) is 24.9 Å². The minimum absolute atomic E-state index is 0.646. The molecule has 0 bridgehead atoms. The van der Waals surface area contributed by atoms with E-state index in [9.17, 15) is 0 Å². The summed E-state index contributed by atoms with van der Waals surface area (Å²) >= 11 is 0. The highest BCUT2D eigenvalue weighted by molar-refractivity contribution is 5.16. The molecule has 1 aliphatic rings. The Bertz CT molecular complexity index is 382. The number of hydrogen-bond donors (Lipinski definition) is 1. The molecule has 1 heterocycles. The van der Waals surface area contributed by atoms with E-state index in [1.54, 1.807) is 0 Å². The van der Waals surface area contributed by atoms with Crippen molar-refractivity contribution in [3.8, 4) is 6.07 Å². The summed E-state index contributed by atoms with van der Waals surface area (Å²) in [5.41, 5.74) is 6.64. The van der Waals surface area contributed by atoms with Gasteiger partial charge in [-0.2, -0.15) is 5.26 Å². The molecule has 84 valence electrons. The van der Waals surface area contributed by atoms with E-state index in [0.29, 0.717) is 6.54 Å². The second kappa shape index (κ2) is 4.65. The van der Waals surface area contributed by atoms with Gasteiger partial charge in [-0.15, -0.1) is 0 Å². The predicted molar refractivity (Wildman–Crippen MR) is 63.5 cm³/mol. The second-order valence-electron chi connectivity index (χ2n) is 4.57. The number of hydrogen-bond acceptors (Lipinski definition) is 3. The third-order valence-electron chi connectivity index (χ3n) is 3.07. The van der Waals surface area contributed by atoms with E-state index in [1.165, 1.54) is 5.56 Å². The first-order chi connectivity index (χ1) is 7.72. The van der Waals surface area contributed by atoms with Gasteiger partial charge >= 0.3 is 0 Å². The average Bonchev–Trinajstić information content (AvgIpc) is 2.30. The number of likely N-dealkylation sites (tertiary alicyclic amines) is 1. The number of benzene rings is 1. The normalized spacial score (nSPS) is 26.2. The van der Waals surface area contributed by atoms with Gasteiger partial charge in [0.2, 0.25) is 0 Å². The van der Waals surface area contributed by atoms with Gasteiger partial charge in [0.25, 0.3) is 0 Å². The van der Waals surface area contributed by atoms with Gasteiger partial charge in [-0.3, -0.25) is 4.90 Å². The molecule has 0 unspecified atom stereocenters. The zero-order valence-electron chi connectivity index (χ0n) is 9.39. The smallest absolute Gasteiger partial charge is 0.117 e. The van der Waals surface area contributed by atoms with E-state index in [1.807, 2.05) is 18.2 Å². The van der Waals surface area contributed by atoms with Crippen LogP contribution in [0.5, 0.6) is 0 Å². The molecule has 0 aliphatic carbocycles. The number of rotatable bonds is 2. The first kappa shape index (κ1) is 11.1.